The Morgan fingerprint density at radius 2 is 1.95 bits per heavy atom. The van der Waals surface area contributed by atoms with Gasteiger partial charge in [0, 0.05) is 26.7 Å². The molecule has 0 bridgehead atoms. The Morgan fingerprint density at radius 1 is 1.14 bits per heavy atom. The van der Waals surface area contributed by atoms with Crippen molar-refractivity contribution in [1.29, 1.82) is 0 Å². The van der Waals surface area contributed by atoms with Crippen LogP contribution in [0.1, 0.15) is 27.8 Å². The Hall–Kier alpha value is -1.64. The fourth-order valence-corrected chi connectivity index (χ4v) is 3.28. The Balaban J connectivity index is 1.79. The molecule has 1 aliphatic rings. The van der Waals surface area contributed by atoms with E-state index in [1.54, 1.807) is 7.11 Å². The van der Waals surface area contributed by atoms with E-state index in [-0.39, 0.29) is 0 Å². The third-order valence-electron chi connectivity index (χ3n) is 4.20. The van der Waals surface area contributed by atoms with Crippen LogP contribution in [-0.2, 0) is 30.9 Å². The van der Waals surface area contributed by atoms with E-state index in [0.29, 0.717) is 0 Å². The quantitative estimate of drug-likeness (QED) is 0.847. The lowest BCUT2D eigenvalue weighted by atomic mass is 9.92. The number of aryl methyl sites for hydroxylation is 1. The number of fused-ring (bicyclic) bond motifs is 1. The van der Waals surface area contributed by atoms with Crippen LogP contribution in [0.5, 0.6) is 0 Å². The molecule has 0 amide bonds. The lowest BCUT2D eigenvalue weighted by molar-refractivity contribution is 0.182. The van der Waals surface area contributed by atoms with Crippen LogP contribution in [0.25, 0.3) is 0 Å². The molecule has 21 heavy (non-hydrogen) atoms. The topological polar surface area (TPSA) is 12.5 Å². The second-order valence-corrected chi connectivity index (χ2v) is 5.94. The van der Waals surface area contributed by atoms with Gasteiger partial charge in [0.1, 0.15) is 0 Å². The van der Waals surface area contributed by atoms with E-state index in [0.717, 1.165) is 32.7 Å². The number of rotatable bonds is 4. The highest BCUT2D eigenvalue weighted by molar-refractivity contribution is 5.40. The molecule has 1 heterocycles. The van der Waals surface area contributed by atoms with Gasteiger partial charge in [0.05, 0.1) is 6.61 Å². The second-order valence-electron chi connectivity index (χ2n) is 5.94. The van der Waals surface area contributed by atoms with Crippen LogP contribution in [0, 0.1) is 6.92 Å². The molecule has 1 aliphatic heterocycles. The fourth-order valence-electron chi connectivity index (χ4n) is 3.28. The van der Waals surface area contributed by atoms with E-state index in [9.17, 15) is 0 Å². The van der Waals surface area contributed by atoms with Crippen molar-refractivity contribution in [1.82, 2.24) is 4.90 Å². The lowest BCUT2D eigenvalue weighted by Crippen LogP contribution is -2.30. The van der Waals surface area contributed by atoms with E-state index >= 15 is 0 Å². The minimum Gasteiger partial charge on any atom is -0.380 e. The zero-order valence-electron chi connectivity index (χ0n) is 12.9. The zero-order valence-corrected chi connectivity index (χ0v) is 12.9. The first-order chi connectivity index (χ1) is 10.3. The van der Waals surface area contributed by atoms with Crippen LogP contribution >= 0.6 is 0 Å². The molecule has 0 spiro atoms. The van der Waals surface area contributed by atoms with Gasteiger partial charge in [0.15, 0.2) is 0 Å². The van der Waals surface area contributed by atoms with E-state index in [1.807, 2.05) is 0 Å². The molecule has 0 aromatic heterocycles. The molecule has 2 nitrogen and oxygen atoms in total. The first-order valence-corrected chi connectivity index (χ1v) is 7.63. The van der Waals surface area contributed by atoms with Crippen LogP contribution < -0.4 is 0 Å². The van der Waals surface area contributed by atoms with Crippen molar-refractivity contribution in [3.8, 4) is 0 Å². The van der Waals surface area contributed by atoms with Crippen molar-refractivity contribution in [2.75, 3.05) is 13.7 Å². The summed E-state index contributed by atoms with van der Waals surface area (Å²) < 4.78 is 5.36. The standard InChI is InChI=1S/C19H23NO/c1-15-10-17-13-20(12-16-6-4-3-5-7-16)9-8-19(17)18(11-15)14-21-2/h3-7,10-11H,8-9,12-14H2,1-2H3. The Morgan fingerprint density at radius 3 is 2.71 bits per heavy atom. The molecule has 0 saturated heterocycles. The fraction of sp³-hybridized carbons (Fsp3) is 0.368. The minimum absolute atomic E-state index is 0.725. The molecular weight excluding hydrogens is 258 g/mol. The summed E-state index contributed by atoms with van der Waals surface area (Å²) in [5.74, 6) is 0. The molecule has 3 rings (SSSR count). The summed E-state index contributed by atoms with van der Waals surface area (Å²) in [6, 6.07) is 15.3. The predicted molar refractivity (Wildman–Crippen MR) is 86.2 cm³/mol. The van der Waals surface area contributed by atoms with Crippen LogP contribution in [0.4, 0.5) is 0 Å². The average molecular weight is 281 g/mol. The monoisotopic (exact) mass is 281 g/mol. The first kappa shape index (κ1) is 14.3. The Bertz CT molecular complexity index is 606. The molecule has 0 unspecified atom stereocenters. The van der Waals surface area contributed by atoms with Gasteiger partial charge in [0.2, 0.25) is 0 Å². The number of hydrogen-bond donors (Lipinski definition) is 0. The minimum atomic E-state index is 0.725. The van der Waals surface area contributed by atoms with Gasteiger partial charge >= 0.3 is 0 Å². The molecule has 0 fully saturated rings. The summed E-state index contributed by atoms with van der Waals surface area (Å²) in [4.78, 5) is 2.54. The largest absolute Gasteiger partial charge is 0.380 e. The molecule has 0 aliphatic carbocycles. The van der Waals surface area contributed by atoms with Crippen LogP contribution in [-0.4, -0.2) is 18.6 Å². The van der Waals surface area contributed by atoms with E-state index < -0.39 is 0 Å². The summed E-state index contributed by atoms with van der Waals surface area (Å²) in [5.41, 5.74) is 7.08. The molecule has 0 atom stereocenters. The summed E-state index contributed by atoms with van der Waals surface area (Å²) in [6.45, 7) is 6.11. The number of ether oxygens (including phenoxy) is 1. The molecule has 2 aromatic rings. The Kier molecular flexibility index (Phi) is 4.37. The summed E-state index contributed by atoms with van der Waals surface area (Å²) in [7, 11) is 1.78. The maximum absolute atomic E-state index is 5.36. The normalized spacial score (nSPS) is 15.0. The van der Waals surface area contributed by atoms with E-state index in [2.05, 4.69) is 54.3 Å². The molecule has 2 heteroatoms. The predicted octanol–water partition coefficient (Wildman–Crippen LogP) is 3.70. The van der Waals surface area contributed by atoms with Crippen molar-refractivity contribution in [2.45, 2.75) is 33.0 Å². The smallest absolute Gasteiger partial charge is 0.0715 e. The van der Waals surface area contributed by atoms with Crippen LogP contribution in [0.3, 0.4) is 0 Å². The van der Waals surface area contributed by atoms with Gasteiger partial charge in [-0.25, -0.2) is 0 Å². The van der Waals surface area contributed by atoms with Gasteiger partial charge in [-0.1, -0.05) is 48.0 Å². The van der Waals surface area contributed by atoms with Crippen molar-refractivity contribution in [3.05, 3.63) is 70.3 Å². The number of benzene rings is 2. The zero-order chi connectivity index (χ0) is 14.7. The van der Waals surface area contributed by atoms with Crippen molar-refractivity contribution in [2.24, 2.45) is 0 Å². The van der Waals surface area contributed by atoms with Gasteiger partial charge in [-0.3, -0.25) is 4.90 Å². The first-order valence-electron chi connectivity index (χ1n) is 7.63. The number of methoxy groups -OCH3 is 1. The highest BCUT2D eigenvalue weighted by Crippen LogP contribution is 2.26. The van der Waals surface area contributed by atoms with Crippen molar-refractivity contribution < 1.29 is 4.74 Å². The average Bonchev–Trinajstić information content (AvgIpc) is 2.48. The van der Waals surface area contributed by atoms with Crippen molar-refractivity contribution in [3.63, 3.8) is 0 Å². The molecule has 0 radical (unpaired) electrons. The van der Waals surface area contributed by atoms with Gasteiger partial charge in [0.25, 0.3) is 0 Å². The van der Waals surface area contributed by atoms with Gasteiger partial charge < -0.3 is 4.74 Å². The number of nitrogens with zero attached hydrogens (tertiary/aromatic N) is 1. The molecule has 0 N–H and O–H groups in total. The maximum Gasteiger partial charge on any atom is 0.0715 e. The summed E-state index contributed by atoms with van der Waals surface area (Å²) in [5, 5.41) is 0. The molecular formula is C19H23NO. The van der Waals surface area contributed by atoms with Gasteiger partial charge in [-0.2, -0.15) is 0 Å². The molecule has 110 valence electrons. The van der Waals surface area contributed by atoms with Crippen LogP contribution in [0.2, 0.25) is 0 Å². The highest BCUT2D eigenvalue weighted by Gasteiger charge is 2.19. The van der Waals surface area contributed by atoms with Crippen LogP contribution in [0.15, 0.2) is 42.5 Å². The summed E-state index contributed by atoms with van der Waals surface area (Å²) in [6.07, 6.45) is 1.13. The third-order valence-corrected chi connectivity index (χ3v) is 4.20. The van der Waals surface area contributed by atoms with E-state index in [1.165, 1.54) is 27.8 Å². The maximum atomic E-state index is 5.36. The SMILES string of the molecule is COCc1cc(C)cc2c1CCN(Cc1ccccc1)C2. The second kappa shape index (κ2) is 6.42. The van der Waals surface area contributed by atoms with Gasteiger partial charge in [-0.05, 0) is 35.6 Å². The third kappa shape index (κ3) is 3.34. The molecule has 0 saturated carbocycles. The Labute approximate surface area is 127 Å². The number of hydrogen-bond acceptors (Lipinski definition) is 2. The summed E-state index contributed by atoms with van der Waals surface area (Å²) >= 11 is 0. The highest BCUT2D eigenvalue weighted by atomic mass is 16.5. The lowest BCUT2D eigenvalue weighted by Gasteiger charge is -2.30. The molecule has 2 aromatic carbocycles. The van der Waals surface area contributed by atoms with E-state index in [4.69, 9.17) is 4.74 Å². The van der Waals surface area contributed by atoms with Gasteiger partial charge in [-0.15, -0.1) is 0 Å². The van der Waals surface area contributed by atoms with Crippen molar-refractivity contribution >= 4 is 0 Å².